The fourth-order valence-electron chi connectivity index (χ4n) is 0.683. The van der Waals surface area contributed by atoms with Gasteiger partial charge in [-0.05, 0) is 0 Å². The van der Waals surface area contributed by atoms with E-state index in [9.17, 15) is 52.5 Å². The quantitative estimate of drug-likeness (QED) is 0.368. The van der Waals surface area contributed by atoms with Gasteiger partial charge in [-0.2, -0.15) is 26.3 Å². The molecule has 110 valence electrons. The molecule has 19 heavy (non-hydrogen) atoms. The maximum absolute atomic E-state index is 12.4. The summed E-state index contributed by atoms with van der Waals surface area (Å²) in [6, 6.07) is 0. The molecule has 0 aromatic rings. The molecule has 0 aliphatic rings. The van der Waals surface area contributed by atoms with E-state index in [4.69, 9.17) is 0 Å². The maximum Gasteiger partial charge on any atom is 1.00 e. The number of hydrogen-bond acceptors (Lipinski definition) is 3. The fourth-order valence-corrected chi connectivity index (χ4v) is 1.19. The topological polar surface area (TPSA) is 57.2 Å². The zero-order valence-corrected chi connectivity index (χ0v) is 11.5. The Hall–Kier alpha value is 0.280. The fraction of sp³-hybridized carbons (Fsp3) is 1.00. The second-order valence-electron chi connectivity index (χ2n) is 2.93. The van der Waals surface area contributed by atoms with E-state index >= 15 is 0 Å². The molecule has 1 unspecified atom stereocenters. The monoisotopic (exact) mass is 336 g/mol. The van der Waals surface area contributed by atoms with Crippen molar-refractivity contribution in [2.45, 2.75) is 29.7 Å². The molecular weight excluding hydrogens is 334 g/mol. The Morgan fingerprint density at radius 3 is 1.37 bits per heavy atom. The Morgan fingerprint density at radius 2 is 1.16 bits per heavy atom. The van der Waals surface area contributed by atoms with Crippen LogP contribution in [0.1, 0.15) is 0 Å². The summed E-state index contributed by atoms with van der Waals surface area (Å²) in [5.74, 6) is -20.6. The van der Waals surface area contributed by atoms with E-state index in [1.807, 2.05) is 0 Å². The predicted octanol–water partition coefficient (Wildman–Crippen LogP) is -0.998. The minimum Gasteiger partial charge on any atom is -0.746 e. The Balaban J connectivity index is 0. The Kier molecular flexibility index (Phi) is 6.76. The van der Waals surface area contributed by atoms with Crippen molar-refractivity contribution in [1.29, 1.82) is 0 Å². The molecule has 14 heteroatoms. The predicted molar refractivity (Wildman–Crippen MR) is 35.4 cm³/mol. The van der Waals surface area contributed by atoms with Gasteiger partial charge in [0.25, 0.3) is 5.50 Å². The first-order valence-corrected chi connectivity index (χ1v) is 5.07. The second kappa shape index (κ2) is 5.95. The van der Waals surface area contributed by atoms with E-state index in [1.165, 1.54) is 0 Å². The van der Waals surface area contributed by atoms with Crippen molar-refractivity contribution in [1.82, 2.24) is 0 Å². The van der Waals surface area contributed by atoms with Gasteiger partial charge >= 0.3 is 53.8 Å². The van der Waals surface area contributed by atoms with Crippen LogP contribution in [0.2, 0.25) is 0 Å². The molecule has 0 heterocycles. The van der Waals surface area contributed by atoms with Gasteiger partial charge in [0.15, 0.2) is 0 Å². The molecule has 0 aromatic heterocycles. The number of rotatable bonds is 5. The molecule has 0 rings (SSSR count). The summed E-state index contributed by atoms with van der Waals surface area (Å²) in [5, 5.41) is 0. The van der Waals surface area contributed by atoms with Crippen LogP contribution in [0.25, 0.3) is 0 Å². The summed E-state index contributed by atoms with van der Waals surface area (Å²) >= 11 is 0. The number of hydrogen-bond donors (Lipinski definition) is 0. The summed E-state index contributed by atoms with van der Waals surface area (Å²) in [6.45, 7) is 0. The van der Waals surface area contributed by atoms with Gasteiger partial charge < -0.3 is 4.55 Å². The second-order valence-corrected chi connectivity index (χ2v) is 4.33. The number of halogens is 9. The summed E-state index contributed by atoms with van der Waals surface area (Å²) in [6.07, 6.45) is -5.33. The first-order valence-electron chi connectivity index (χ1n) is 3.60. The summed E-state index contributed by atoms with van der Waals surface area (Å²) in [4.78, 5) is 0. The zero-order chi connectivity index (χ0) is 15.2. The minimum absolute atomic E-state index is 0. The van der Waals surface area contributed by atoms with Crippen molar-refractivity contribution in [2.24, 2.45) is 0 Å². The van der Waals surface area contributed by atoms with Gasteiger partial charge in [-0.15, -0.1) is 0 Å². The third-order valence-electron chi connectivity index (χ3n) is 1.65. The standard InChI is InChI=1S/C5H3F9O3S.Na/c6-1(7)3(9,10)5(13,14)4(11,12)2(8)18(15,16)17;/h1-2H,(H,15,16,17);/q;+1/p-1. The molecule has 0 saturated heterocycles. The van der Waals surface area contributed by atoms with Gasteiger partial charge in [0.05, 0.1) is 0 Å². The van der Waals surface area contributed by atoms with Crippen LogP contribution in [0, 0.1) is 0 Å². The van der Waals surface area contributed by atoms with Crippen LogP contribution in [0.15, 0.2) is 0 Å². The van der Waals surface area contributed by atoms with E-state index in [2.05, 4.69) is 0 Å². The average molecular weight is 336 g/mol. The van der Waals surface area contributed by atoms with Gasteiger partial charge in [-0.25, -0.2) is 21.6 Å². The summed E-state index contributed by atoms with van der Waals surface area (Å²) in [7, 11) is -6.75. The van der Waals surface area contributed by atoms with E-state index in [1.54, 1.807) is 0 Å². The van der Waals surface area contributed by atoms with Crippen LogP contribution in [0.4, 0.5) is 39.5 Å². The van der Waals surface area contributed by atoms with Crippen molar-refractivity contribution >= 4 is 10.1 Å². The molecule has 0 bridgehead atoms. The molecule has 0 radical (unpaired) electrons. The third-order valence-corrected chi connectivity index (χ3v) is 2.45. The Bertz CT molecular complexity index is 408. The van der Waals surface area contributed by atoms with E-state index < -0.39 is 39.8 Å². The Labute approximate surface area is 122 Å². The largest absolute Gasteiger partial charge is 1.00 e. The SMILES string of the molecule is O=S(=O)([O-])C(F)C(F)(F)C(F)(F)C(F)(F)C(F)F.[Na+]. The van der Waals surface area contributed by atoms with E-state index in [0.717, 1.165) is 0 Å². The summed E-state index contributed by atoms with van der Waals surface area (Å²) in [5.41, 5.74) is -5.30. The van der Waals surface area contributed by atoms with Crippen LogP contribution in [0.3, 0.4) is 0 Å². The first kappa shape index (κ1) is 21.6. The van der Waals surface area contributed by atoms with Gasteiger partial charge in [0, 0.05) is 0 Å². The van der Waals surface area contributed by atoms with Crippen molar-refractivity contribution in [3.05, 3.63) is 0 Å². The third kappa shape index (κ3) is 3.68. The van der Waals surface area contributed by atoms with Gasteiger partial charge in [-0.3, -0.25) is 0 Å². The van der Waals surface area contributed by atoms with Crippen LogP contribution in [-0.4, -0.2) is 42.7 Å². The van der Waals surface area contributed by atoms with E-state index in [-0.39, 0.29) is 29.6 Å². The first-order chi connectivity index (χ1) is 7.60. The smallest absolute Gasteiger partial charge is 0.746 e. The average Bonchev–Trinajstić information content (AvgIpc) is 2.14. The normalized spacial score (nSPS) is 16.2. The summed E-state index contributed by atoms with van der Waals surface area (Å²) < 4.78 is 138. The zero-order valence-electron chi connectivity index (χ0n) is 8.69. The Morgan fingerprint density at radius 1 is 0.842 bits per heavy atom. The van der Waals surface area contributed by atoms with Crippen molar-refractivity contribution in [2.75, 3.05) is 0 Å². The number of alkyl halides is 9. The van der Waals surface area contributed by atoms with Crippen LogP contribution >= 0.6 is 0 Å². The molecule has 0 spiro atoms. The molecule has 0 saturated carbocycles. The van der Waals surface area contributed by atoms with Crippen molar-refractivity contribution < 1.29 is 82.0 Å². The van der Waals surface area contributed by atoms with Gasteiger partial charge in [0.1, 0.15) is 10.1 Å². The maximum atomic E-state index is 12.4. The molecule has 0 aliphatic heterocycles. The molecule has 0 aliphatic carbocycles. The van der Waals surface area contributed by atoms with Crippen LogP contribution in [-0.2, 0) is 10.1 Å². The van der Waals surface area contributed by atoms with Crippen LogP contribution in [0.5, 0.6) is 0 Å². The van der Waals surface area contributed by atoms with Crippen molar-refractivity contribution in [3.63, 3.8) is 0 Å². The molecule has 1 atom stereocenters. The van der Waals surface area contributed by atoms with Crippen LogP contribution < -0.4 is 29.6 Å². The van der Waals surface area contributed by atoms with Gasteiger partial charge in [0.2, 0.25) is 0 Å². The minimum atomic E-state index is -7.08. The molecular formula is C5H2F9NaO3S. The molecule has 0 N–H and O–H groups in total. The molecule has 0 amide bonds. The van der Waals surface area contributed by atoms with Gasteiger partial charge in [-0.1, -0.05) is 0 Å². The molecule has 3 nitrogen and oxygen atoms in total. The van der Waals surface area contributed by atoms with Crippen molar-refractivity contribution in [3.8, 4) is 0 Å². The van der Waals surface area contributed by atoms with E-state index in [0.29, 0.717) is 0 Å². The molecule has 0 fully saturated rings. The molecule has 0 aromatic carbocycles.